The molecular weight excluding hydrogens is 358 g/mol. The fraction of sp³-hybridized carbons (Fsp3) is 0.353. The van der Waals surface area contributed by atoms with Gasteiger partial charge < -0.3 is 10.2 Å². The van der Waals surface area contributed by atoms with E-state index >= 15 is 0 Å². The summed E-state index contributed by atoms with van der Waals surface area (Å²) in [5.41, 5.74) is 0.432. The summed E-state index contributed by atoms with van der Waals surface area (Å²) in [6, 6.07) is 10.1. The van der Waals surface area contributed by atoms with E-state index in [0.29, 0.717) is 12.1 Å². The van der Waals surface area contributed by atoms with E-state index in [-0.39, 0.29) is 16.8 Å². The zero-order valence-corrected chi connectivity index (χ0v) is 16.4. The first-order valence-electron chi connectivity index (χ1n) is 7.74. The lowest BCUT2D eigenvalue weighted by Gasteiger charge is -2.23. The van der Waals surface area contributed by atoms with E-state index in [4.69, 9.17) is 0 Å². The molecule has 2 aromatic rings. The molecule has 0 radical (unpaired) electrons. The number of hydrogen-bond acceptors (Lipinski definition) is 5. The highest BCUT2D eigenvalue weighted by Crippen LogP contribution is 2.22. The van der Waals surface area contributed by atoms with Crippen LogP contribution >= 0.6 is 11.3 Å². The predicted molar refractivity (Wildman–Crippen MR) is 100 cm³/mol. The fourth-order valence-electron chi connectivity index (χ4n) is 2.30. The van der Waals surface area contributed by atoms with Gasteiger partial charge in [-0.2, -0.15) is 0 Å². The molecule has 0 saturated heterocycles. The molecule has 1 heterocycles. The van der Waals surface area contributed by atoms with Crippen LogP contribution in [0.5, 0.6) is 0 Å². The van der Waals surface area contributed by atoms with Crippen molar-refractivity contribution in [2.24, 2.45) is 0 Å². The van der Waals surface area contributed by atoms with E-state index in [0.717, 1.165) is 4.31 Å². The number of carbonyl (C=O) groups is 1. The number of thiophene rings is 1. The highest BCUT2D eigenvalue weighted by atomic mass is 32.2. The lowest BCUT2D eigenvalue weighted by molar-refractivity contribution is 0.0942. The van der Waals surface area contributed by atoms with Gasteiger partial charge in [0.1, 0.15) is 0 Å². The highest BCUT2D eigenvalue weighted by Gasteiger charge is 2.19. The first-order valence-corrected chi connectivity index (χ1v) is 10.1. The number of benzene rings is 1. The van der Waals surface area contributed by atoms with Crippen molar-refractivity contribution < 1.29 is 13.2 Å². The van der Waals surface area contributed by atoms with Crippen LogP contribution in [-0.2, 0) is 10.0 Å². The van der Waals surface area contributed by atoms with Gasteiger partial charge in [-0.25, -0.2) is 12.7 Å². The SMILES string of the molecule is CN(C)C(CNC(=O)c1ccc(S(=O)(=O)N(C)C)cc1)c1cccs1. The Bertz CT molecular complexity index is 798. The van der Waals surface area contributed by atoms with Crippen molar-refractivity contribution in [3.63, 3.8) is 0 Å². The van der Waals surface area contributed by atoms with E-state index < -0.39 is 10.0 Å². The van der Waals surface area contributed by atoms with Gasteiger partial charge in [0.2, 0.25) is 10.0 Å². The molecule has 0 aliphatic carbocycles. The van der Waals surface area contributed by atoms with E-state index in [1.165, 1.54) is 43.2 Å². The molecule has 136 valence electrons. The number of likely N-dealkylation sites (N-methyl/N-ethyl adjacent to an activating group) is 1. The highest BCUT2D eigenvalue weighted by molar-refractivity contribution is 7.89. The van der Waals surface area contributed by atoms with Gasteiger partial charge in [0.25, 0.3) is 5.91 Å². The number of sulfonamides is 1. The maximum Gasteiger partial charge on any atom is 0.251 e. The summed E-state index contributed by atoms with van der Waals surface area (Å²) in [6.07, 6.45) is 0. The second-order valence-electron chi connectivity index (χ2n) is 6.02. The fourth-order valence-corrected chi connectivity index (χ4v) is 4.12. The third-order valence-electron chi connectivity index (χ3n) is 3.85. The molecule has 1 N–H and O–H groups in total. The smallest absolute Gasteiger partial charge is 0.251 e. The Hall–Kier alpha value is -1.74. The molecule has 6 nitrogen and oxygen atoms in total. The molecule has 0 aliphatic rings. The minimum atomic E-state index is -3.49. The third-order valence-corrected chi connectivity index (χ3v) is 6.65. The largest absolute Gasteiger partial charge is 0.350 e. The van der Waals surface area contributed by atoms with Crippen LogP contribution in [0.2, 0.25) is 0 Å². The van der Waals surface area contributed by atoms with Crippen LogP contribution in [0.4, 0.5) is 0 Å². The predicted octanol–water partition coefficient (Wildman–Crippen LogP) is 2.03. The molecule has 2 rings (SSSR count). The molecule has 1 unspecified atom stereocenters. The average Bonchev–Trinajstić information content (AvgIpc) is 3.08. The summed E-state index contributed by atoms with van der Waals surface area (Å²) in [7, 11) is 3.40. The van der Waals surface area contributed by atoms with Crippen molar-refractivity contribution in [1.82, 2.24) is 14.5 Å². The van der Waals surface area contributed by atoms with Crippen molar-refractivity contribution in [1.29, 1.82) is 0 Å². The molecule has 8 heteroatoms. The summed E-state index contributed by atoms with van der Waals surface area (Å²) in [4.78, 5) is 15.7. The van der Waals surface area contributed by atoms with Gasteiger partial charge in [-0.15, -0.1) is 11.3 Å². The summed E-state index contributed by atoms with van der Waals surface area (Å²) in [5, 5.41) is 4.93. The topological polar surface area (TPSA) is 69.7 Å². The van der Waals surface area contributed by atoms with Gasteiger partial charge in [-0.05, 0) is 49.8 Å². The van der Waals surface area contributed by atoms with Crippen molar-refractivity contribution in [3.8, 4) is 0 Å². The molecule has 0 saturated carbocycles. The van der Waals surface area contributed by atoms with Gasteiger partial charge in [0, 0.05) is 31.1 Å². The Morgan fingerprint density at radius 2 is 1.76 bits per heavy atom. The van der Waals surface area contributed by atoms with E-state index in [2.05, 4.69) is 10.2 Å². The zero-order valence-electron chi connectivity index (χ0n) is 14.8. The normalized spacial score (nSPS) is 13.2. The van der Waals surface area contributed by atoms with Gasteiger partial charge in [-0.1, -0.05) is 6.07 Å². The quantitative estimate of drug-likeness (QED) is 0.797. The summed E-state index contributed by atoms with van der Waals surface area (Å²) in [5.74, 6) is -0.225. The van der Waals surface area contributed by atoms with E-state index in [1.807, 2.05) is 31.6 Å². The molecule has 25 heavy (non-hydrogen) atoms. The van der Waals surface area contributed by atoms with Crippen molar-refractivity contribution in [3.05, 3.63) is 52.2 Å². The van der Waals surface area contributed by atoms with Crippen LogP contribution in [0.15, 0.2) is 46.7 Å². The molecular formula is C17H23N3O3S2. The average molecular weight is 382 g/mol. The van der Waals surface area contributed by atoms with Crippen LogP contribution in [0.3, 0.4) is 0 Å². The van der Waals surface area contributed by atoms with Gasteiger partial charge in [0.15, 0.2) is 0 Å². The van der Waals surface area contributed by atoms with Gasteiger partial charge in [-0.3, -0.25) is 4.79 Å². The van der Waals surface area contributed by atoms with Crippen LogP contribution in [0, 0.1) is 0 Å². The van der Waals surface area contributed by atoms with Crippen molar-refractivity contribution >= 4 is 27.3 Å². The second kappa shape index (κ2) is 8.09. The molecule has 0 fully saturated rings. The number of carbonyl (C=O) groups excluding carboxylic acids is 1. The second-order valence-corrected chi connectivity index (χ2v) is 9.15. The Labute approximate surface area is 153 Å². The first-order chi connectivity index (χ1) is 11.7. The van der Waals surface area contributed by atoms with Gasteiger partial charge in [0.05, 0.1) is 10.9 Å². The maximum absolute atomic E-state index is 12.4. The number of rotatable bonds is 7. The number of hydrogen-bond donors (Lipinski definition) is 1. The standard InChI is InChI=1S/C17H23N3O3S2/c1-19(2)15(16-6-5-11-24-16)12-18-17(21)13-7-9-14(10-8-13)25(22,23)20(3)4/h5-11,15H,12H2,1-4H3,(H,18,21). The summed E-state index contributed by atoms with van der Waals surface area (Å²) in [6.45, 7) is 0.476. The van der Waals surface area contributed by atoms with E-state index in [9.17, 15) is 13.2 Å². The van der Waals surface area contributed by atoms with Crippen LogP contribution in [0.1, 0.15) is 21.3 Å². The first kappa shape index (κ1) is 19.6. The minimum absolute atomic E-state index is 0.0948. The van der Waals surface area contributed by atoms with Crippen LogP contribution in [0.25, 0.3) is 0 Å². The third kappa shape index (κ3) is 4.66. The lowest BCUT2D eigenvalue weighted by atomic mass is 10.2. The van der Waals surface area contributed by atoms with Crippen molar-refractivity contribution in [2.45, 2.75) is 10.9 Å². The Morgan fingerprint density at radius 1 is 1.12 bits per heavy atom. The molecule has 1 aromatic heterocycles. The maximum atomic E-state index is 12.4. The number of nitrogens with one attached hydrogen (secondary N) is 1. The number of nitrogens with zero attached hydrogens (tertiary/aromatic N) is 2. The summed E-state index contributed by atoms with van der Waals surface area (Å²) >= 11 is 1.65. The number of amides is 1. The summed E-state index contributed by atoms with van der Waals surface area (Å²) < 4.78 is 25.3. The molecule has 1 atom stereocenters. The molecule has 0 bridgehead atoms. The Kier molecular flexibility index (Phi) is 6.34. The molecule has 0 aliphatic heterocycles. The molecule has 1 aromatic carbocycles. The van der Waals surface area contributed by atoms with Gasteiger partial charge >= 0.3 is 0 Å². The Balaban J connectivity index is 2.06. The monoisotopic (exact) mass is 381 g/mol. The lowest BCUT2D eigenvalue weighted by Crippen LogP contribution is -2.34. The van der Waals surface area contributed by atoms with Crippen LogP contribution < -0.4 is 5.32 Å². The molecule has 1 amide bonds. The van der Waals surface area contributed by atoms with E-state index in [1.54, 1.807) is 11.3 Å². The Morgan fingerprint density at radius 3 is 2.24 bits per heavy atom. The minimum Gasteiger partial charge on any atom is -0.350 e. The van der Waals surface area contributed by atoms with Crippen LogP contribution in [-0.4, -0.2) is 58.3 Å². The molecule has 0 spiro atoms. The van der Waals surface area contributed by atoms with Crippen molar-refractivity contribution in [2.75, 3.05) is 34.7 Å². The zero-order chi connectivity index (χ0) is 18.6.